The van der Waals surface area contributed by atoms with E-state index in [1.807, 2.05) is 0 Å². The first-order valence-corrected chi connectivity index (χ1v) is 5.05. The van der Waals surface area contributed by atoms with Crippen molar-refractivity contribution in [3.05, 3.63) is 36.2 Å². The molecule has 0 unspecified atom stereocenters. The lowest BCUT2D eigenvalue weighted by atomic mass is 10.2. The molecule has 0 fully saturated rings. The van der Waals surface area contributed by atoms with Crippen molar-refractivity contribution >= 4 is 12.1 Å². The second kappa shape index (κ2) is 7.98. The lowest BCUT2D eigenvalue weighted by molar-refractivity contribution is 0.242. The lowest BCUT2D eigenvalue weighted by Crippen LogP contribution is -2.38. The minimum absolute atomic E-state index is 0.369. The largest absolute Gasteiger partial charge is 0.341 e. The number of nitrogens with one attached hydrogen (secondary N) is 4. The zero-order valence-electron chi connectivity index (χ0n) is 10.3. The van der Waals surface area contributed by atoms with E-state index in [2.05, 4.69) is 27.8 Å². The van der Waals surface area contributed by atoms with Gasteiger partial charge in [-0.2, -0.15) is 0 Å². The van der Waals surface area contributed by atoms with Gasteiger partial charge in [-0.1, -0.05) is 18.7 Å². The maximum absolute atomic E-state index is 11.2. The van der Waals surface area contributed by atoms with Crippen LogP contribution in [-0.4, -0.2) is 26.2 Å². The number of hydrogen-bond donors (Lipinski definition) is 4. The van der Waals surface area contributed by atoms with E-state index in [4.69, 9.17) is 0 Å². The van der Waals surface area contributed by atoms with Crippen molar-refractivity contribution in [2.24, 2.45) is 0 Å². The Hall–Kier alpha value is -2.24. The summed E-state index contributed by atoms with van der Waals surface area (Å²) in [5.74, 6) is 0. The Morgan fingerprint density at radius 1 is 1.00 bits per heavy atom. The highest BCUT2D eigenvalue weighted by Gasteiger charge is 2.09. The van der Waals surface area contributed by atoms with Gasteiger partial charge in [0.2, 0.25) is 0 Å². The third-order valence-electron chi connectivity index (χ3n) is 1.81. The quantitative estimate of drug-likeness (QED) is 0.547. The second-order valence-electron chi connectivity index (χ2n) is 2.93. The van der Waals surface area contributed by atoms with E-state index < -0.39 is 0 Å². The molecule has 0 aromatic carbocycles. The maximum atomic E-state index is 11.2. The Bertz CT molecular complexity index is 358. The average Bonchev–Trinajstić information content (AvgIpc) is 2.34. The van der Waals surface area contributed by atoms with Gasteiger partial charge < -0.3 is 21.3 Å². The summed E-state index contributed by atoms with van der Waals surface area (Å²) in [6.45, 7) is 5.29. The molecule has 0 aromatic heterocycles. The first-order chi connectivity index (χ1) is 8.08. The molecule has 4 N–H and O–H groups in total. The molecule has 0 aliphatic rings. The Kier molecular flexibility index (Phi) is 6.92. The number of amides is 4. The number of allylic oxidation sites excluding steroid dienone is 3. The normalized spacial score (nSPS) is 11.5. The van der Waals surface area contributed by atoms with Crippen molar-refractivity contribution in [3.63, 3.8) is 0 Å². The van der Waals surface area contributed by atoms with Crippen LogP contribution in [0.1, 0.15) is 6.92 Å². The van der Waals surface area contributed by atoms with Crippen molar-refractivity contribution in [2.45, 2.75) is 6.92 Å². The standard InChI is InChI=1S/C11H18N4O2/c1-5-7-9(15-11(17)13-4)8(6-2)14-10(16)12-3/h5-7H,1H2,2-4H3,(H2,12,14,16)(H2,13,15,17)/b8-6+,9-7+. The molecule has 0 rings (SSSR count). The van der Waals surface area contributed by atoms with Crippen molar-refractivity contribution in [1.82, 2.24) is 21.3 Å². The molecular formula is C11H18N4O2. The summed E-state index contributed by atoms with van der Waals surface area (Å²) in [7, 11) is 3.01. The van der Waals surface area contributed by atoms with Crippen LogP contribution >= 0.6 is 0 Å². The Morgan fingerprint density at radius 3 is 1.82 bits per heavy atom. The molecule has 0 aliphatic heterocycles. The molecule has 4 amide bonds. The predicted octanol–water partition coefficient (Wildman–Crippen LogP) is 0.818. The van der Waals surface area contributed by atoms with Gasteiger partial charge in [0, 0.05) is 14.1 Å². The topological polar surface area (TPSA) is 82.3 Å². The van der Waals surface area contributed by atoms with Crippen molar-refractivity contribution in [2.75, 3.05) is 14.1 Å². The molecule has 6 nitrogen and oxygen atoms in total. The highest BCUT2D eigenvalue weighted by Crippen LogP contribution is 2.03. The molecule has 0 saturated heterocycles. The van der Waals surface area contributed by atoms with Crippen molar-refractivity contribution < 1.29 is 9.59 Å². The van der Waals surface area contributed by atoms with Gasteiger partial charge in [-0.3, -0.25) is 0 Å². The van der Waals surface area contributed by atoms with E-state index >= 15 is 0 Å². The third-order valence-corrected chi connectivity index (χ3v) is 1.81. The van der Waals surface area contributed by atoms with Crippen LogP contribution in [0, 0.1) is 0 Å². The van der Waals surface area contributed by atoms with Gasteiger partial charge in [-0.05, 0) is 13.0 Å². The van der Waals surface area contributed by atoms with Crippen molar-refractivity contribution in [1.29, 1.82) is 0 Å². The maximum Gasteiger partial charge on any atom is 0.319 e. The monoisotopic (exact) mass is 238 g/mol. The second-order valence-corrected chi connectivity index (χ2v) is 2.93. The molecule has 0 spiro atoms. The smallest absolute Gasteiger partial charge is 0.319 e. The Morgan fingerprint density at radius 2 is 1.47 bits per heavy atom. The van der Waals surface area contributed by atoms with Crippen LogP contribution in [0.4, 0.5) is 9.59 Å². The van der Waals surface area contributed by atoms with E-state index in [0.717, 1.165) is 0 Å². The van der Waals surface area contributed by atoms with Crippen LogP contribution in [0.25, 0.3) is 0 Å². The molecule has 0 bridgehead atoms. The number of rotatable bonds is 4. The summed E-state index contributed by atoms with van der Waals surface area (Å²) in [6, 6.07) is -0.747. The Balaban J connectivity index is 4.90. The van der Waals surface area contributed by atoms with Crippen LogP contribution in [-0.2, 0) is 0 Å². The first kappa shape index (κ1) is 14.8. The van der Waals surface area contributed by atoms with E-state index in [-0.39, 0.29) is 12.1 Å². The molecule has 17 heavy (non-hydrogen) atoms. The molecule has 0 aromatic rings. The predicted molar refractivity (Wildman–Crippen MR) is 67.2 cm³/mol. The number of carbonyl (C=O) groups excluding carboxylic acids is 2. The van der Waals surface area contributed by atoms with Gasteiger partial charge in [0.15, 0.2) is 0 Å². The van der Waals surface area contributed by atoms with Gasteiger partial charge >= 0.3 is 12.1 Å². The number of urea groups is 2. The summed E-state index contributed by atoms with van der Waals surface area (Å²) < 4.78 is 0. The molecule has 0 saturated carbocycles. The molecule has 94 valence electrons. The minimum atomic E-state index is -0.379. The fourth-order valence-electron chi connectivity index (χ4n) is 0.981. The van der Waals surface area contributed by atoms with Crippen LogP contribution in [0.3, 0.4) is 0 Å². The molecule has 6 heteroatoms. The van der Waals surface area contributed by atoms with E-state index in [0.29, 0.717) is 11.4 Å². The summed E-state index contributed by atoms with van der Waals surface area (Å²) in [4.78, 5) is 22.4. The van der Waals surface area contributed by atoms with Crippen LogP contribution < -0.4 is 21.3 Å². The molecule has 0 atom stereocenters. The van der Waals surface area contributed by atoms with Gasteiger partial charge in [0.05, 0.1) is 11.4 Å². The van der Waals surface area contributed by atoms with Crippen LogP contribution in [0.15, 0.2) is 36.2 Å². The van der Waals surface area contributed by atoms with E-state index in [1.165, 1.54) is 20.2 Å². The van der Waals surface area contributed by atoms with Gasteiger partial charge in [0.25, 0.3) is 0 Å². The van der Waals surface area contributed by atoms with Gasteiger partial charge in [-0.15, -0.1) is 0 Å². The van der Waals surface area contributed by atoms with Crippen LogP contribution in [0.2, 0.25) is 0 Å². The summed E-state index contributed by atoms with van der Waals surface area (Å²) >= 11 is 0. The SMILES string of the molecule is C=C/C=C(NC(=O)NC)\C(=C/C)NC(=O)NC. The molecule has 0 heterocycles. The summed E-state index contributed by atoms with van der Waals surface area (Å²) in [6.07, 6.45) is 4.77. The van der Waals surface area contributed by atoms with Crippen molar-refractivity contribution in [3.8, 4) is 0 Å². The van der Waals surface area contributed by atoms with E-state index in [9.17, 15) is 9.59 Å². The molecule has 0 radical (unpaired) electrons. The first-order valence-electron chi connectivity index (χ1n) is 5.05. The fraction of sp³-hybridized carbons (Fsp3) is 0.273. The number of hydrogen-bond acceptors (Lipinski definition) is 2. The zero-order valence-corrected chi connectivity index (χ0v) is 10.3. The highest BCUT2D eigenvalue weighted by molar-refractivity contribution is 5.79. The highest BCUT2D eigenvalue weighted by atomic mass is 16.2. The van der Waals surface area contributed by atoms with E-state index in [1.54, 1.807) is 19.1 Å². The molecular weight excluding hydrogens is 220 g/mol. The average molecular weight is 238 g/mol. The zero-order chi connectivity index (χ0) is 13.3. The fourth-order valence-corrected chi connectivity index (χ4v) is 0.981. The molecule has 0 aliphatic carbocycles. The minimum Gasteiger partial charge on any atom is -0.341 e. The Labute approximate surface area is 101 Å². The van der Waals surface area contributed by atoms with Gasteiger partial charge in [0.1, 0.15) is 0 Å². The summed E-state index contributed by atoms with van der Waals surface area (Å²) in [5, 5.41) is 10.0. The van der Waals surface area contributed by atoms with Gasteiger partial charge in [-0.25, -0.2) is 9.59 Å². The summed E-state index contributed by atoms with van der Waals surface area (Å²) in [5.41, 5.74) is 0.929. The number of carbonyl (C=O) groups is 2. The third kappa shape index (κ3) is 5.41. The van der Waals surface area contributed by atoms with Crippen LogP contribution in [0.5, 0.6) is 0 Å². The lowest BCUT2D eigenvalue weighted by Gasteiger charge is -2.13.